The van der Waals surface area contributed by atoms with Crippen molar-refractivity contribution in [3.63, 3.8) is 0 Å². The summed E-state index contributed by atoms with van der Waals surface area (Å²) in [5.41, 5.74) is 2.20. The smallest absolute Gasteiger partial charge is 0.101 e. The molecule has 0 amide bonds. The molecule has 0 saturated carbocycles. The number of thiophene rings is 1. The van der Waals surface area contributed by atoms with Crippen LogP contribution in [0, 0.1) is 6.92 Å². The van der Waals surface area contributed by atoms with Gasteiger partial charge in [0.15, 0.2) is 0 Å². The van der Waals surface area contributed by atoms with Crippen LogP contribution in [0.5, 0.6) is 0 Å². The van der Waals surface area contributed by atoms with E-state index >= 15 is 0 Å². The van der Waals surface area contributed by atoms with Gasteiger partial charge in [-0.05, 0) is 36.1 Å². The fourth-order valence-corrected chi connectivity index (χ4v) is 3.37. The van der Waals surface area contributed by atoms with E-state index in [0.29, 0.717) is 6.54 Å². The number of hydrogen-bond donors (Lipinski definition) is 2. The average molecular weight is 298 g/mol. The number of aromatic nitrogens is 1. The molecule has 2 N–H and O–H groups in total. The third-order valence-electron chi connectivity index (χ3n) is 3.54. The molecular weight excluding hydrogens is 280 g/mol. The first-order valence-electron chi connectivity index (χ1n) is 7.02. The Hall–Kier alpha value is -1.75. The lowest BCUT2D eigenvalue weighted by Gasteiger charge is -2.11. The number of nitrogens with zero attached hydrogens (tertiary/aromatic N) is 1. The van der Waals surface area contributed by atoms with Crippen LogP contribution in [-0.4, -0.2) is 16.6 Å². The van der Waals surface area contributed by atoms with E-state index < -0.39 is 6.10 Å². The van der Waals surface area contributed by atoms with E-state index in [0.717, 1.165) is 17.1 Å². The van der Waals surface area contributed by atoms with Crippen LogP contribution in [0.1, 0.15) is 22.2 Å². The Balaban J connectivity index is 1.61. The second-order valence-electron chi connectivity index (χ2n) is 5.08. The fourth-order valence-electron chi connectivity index (χ4n) is 2.32. The summed E-state index contributed by atoms with van der Waals surface area (Å²) in [6.45, 7) is 3.27. The first kappa shape index (κ1) is 14.2. The summed E-state index contributed by atoms with van der Waals surface area (Å²) < 4.78 is 1.22. The number of pyridine rings is 1. The summed E-state index contributed by atoms with van der Waals surface area (Å²) in [7, 11) is 0. The van der Waals surface area contributed by atoms with Crippen LogP contribution in [-0.2, 0) is 6.54 Å². The molecule has 0 spiro atoms. The van der Waals surface area contributed by atoms with E-state index in [9.17, 15) is 5.11 Å². The SMILES string of the molecule is Cc1ncccc1CNCC(O)c1cc2ccccc2s1. The molecule has 3 rings (SSSR count). The molecule has 4 heteroatoms. The van der Waals surface area contributed by atoms with Crippen molar-refractivity contribution < 1.29 is 5.11 Å². The van der Waals surface area contributed by atoms with Crippen LogP contribution in [0.4, 0.5) is 0 Å². The van der Waals surface area contributed by atoms with Gasteiger partial charge in [-0.2, -0.15) is 0 Å². The molecule has 0 fully saturated rings. The molecular formula is C17H18N2OS. The van der Waals surface area contributed by atoms with Crippen molar-refractivity contribution in [3.05, 3.63) is 64.8 Å². The van der Waals surface area contributed by atoms with Gasteiger partial charge in [0.1, 0.15) is 6.10 Å². The van der Waals surface area contributed by atoms with E-state index in [1.165, 1.54) is 15.6 Å². The van der Waals surface area contributed by atoms with Crippen molar-refractivity contribution >= 4 is 21.4 Å². The van der Waals surface area contributed by atoms with Crippen molar-refractivity contribution in [3.8, 4) is 0 Å². The summed E-state index contributed by atoms with van der Waals surface area (Å²) in [6, 6.07) is 14.3. The molecule has 0 bridgehead atoms. The van der Waals surface area contributed by atoms with Crippen LogP contribution in [0.25, 0.3) is 10.1 Å². The standard InChI is InChI=1S/C17H18N2OS/c1-12-14(6-4-8-19-12)10-18-11-15(20)17-9-13-5-2-3-7-16(13)21-17/h2-9,15,18,20H,10-11H2,1H3. The number of aliphatic hydroxyl groups excluding tert-OH is 1. The molecule has 0 radical (unpaired) electrons. The minimum atomic E-state index is -0.473. The molecule has 0 aliphatic heterocycles. The molecule has 1 aromatic carbocycles. The second kappa shape index (κ2) is 6.35. The summed E-state index contributed by atoms with van der Waals surface area (Å²) in [5.74, 6) is 0. The highest BCUT2D eigenvalue weighted by atomic mass is 32.1. The minimum absolute atomic E-state index is 0.473. The summed E-state index contributed by atoms with van der Waals surface area (Å²) >= 11 is 1.65. The topological polar surface area (TPSA) is 45.2 Å². The highest BCUT2D eigenvalue weighted by Gasteiger charge is 2.11. The Labute approximate surface area is 128 Å². The van der Waals surface area contributed by atoms with Crippen LogP contribution in [0.3, 0.4) is 0 Å². The van der Waals surface area contributed by atoms with Gasteiger partial charge in [-0.15, -0.1) is 11.3 Å². The van der Waals surface area contributed by atoms with Crippen molar-refractivity contribution in [1.29, 1.82) is 0 Å². The number of nitrogens with one attached hydrogen (secondary N) is 1. The van der Waals surface area contributed by atoms with Crippen LogP contribution in [0.15, 0.2) is 48.7 Å². The van der Waals surface area contributed by atoms with Gasteiger partial charge in [0.25, 0.3) is 0 Å². The van der Waals surface area contributed by atoms with Gasteiger partial charge in [-0.25, -0.2) is 0 Å². The second-order valence-corrected chi connectivity index (χ2v) is 6.20. The monoisotopic (exact) mass is 298 g/mol. The van der Waals surface area contributed by atoms with Crippen molar-refractivity contribution in [1.82, 2.24) is 10.3 Å². The molecule has 0 saturated heterocycles. The van der Waals surface area contributed by atoms with Crippen LogP contribution >= 0.6 is 11.3 Å². The predicted octanol–water partition coefficient (Wildman–Crippen LogP) is 3.43. The number of benzene rings is 1. The highest BCUT2D eigenvalue weighted by molar-refractivity contribution is 7.19. The van der Waals surface area contributed by atoms with Crippen molar-refractivity contribution in [2.24, 2.45) is 0 Å². The number of aryl methyl sites for hydroxylation is 1. The molecule has 1 atom stereocenters. The van der Waals surface area contributed by atoms with E-state index in [1.807, 2.05) is 25.1 Å². The maximum atomic E-state index is 10.3. The van der Waals surface area contributed by atoms with E-state index in [-0.39, 0.29) is 0 Å². The van der Waals surface area contributed by atoms with Gasteiger partial charge in [0.2, 0.25) is 0 Å². The van der Waals surface area contributed by atoms with Gasteiger partial charge in [0.05, 0.1) is 0 Å². The lowest BCUT2D eigenvalue weighted by Crippen LogP contribution is -2.21. The Kier molecular flexibility index (Phi) is 4.29. The summed E-state index contributed by atoms with van der Waals surface area (Å²) in [4.78, 5) is 5.27. The molecule has 0 aliphatic rings. The molecule has 108 valence electrons. The molecule has 3 nitrogen and oxygen atoms in total. The average Bonchev–Trinajstić information content (AvgIpc) is 2.93. The maximum absolute atomic E-state index is 10.3. The molecule has 3 aromatic rings. The Morgan fingerprint density at radius 3 is 2.90 bits per heavy atom. The number of hydrogen-bond acceptors (Lipinski definition) is 4. The van der Waals surface area contributed by atoms with Crippen LogP contribution in [0.2, 0.25) is 0 Å². The van der Waals surface area contributed by atoms with E-state index in [2.05, 4.69) is 34.6 Å². The third kappa shape index (κ3) is 3.29. The maximum Gasteiger partial charge on any atom is 0.101 e. The van der Waals surface area contributed by atoms with Gasteiger partial charge < -0.3 is 10.4 Å². The first-order valence-corrected chi connectivity index (χ1v) is 7.83. The lowest BCUT2D eigenvalue weighted by molar-refractivity contribution is 0.178. The van der Waals surface area contributed by atoms with Crippen LogP contribution < -0.4 is 5.32 Å². The summed E-state index contributed by atoms with van der Waals surface area (Å²) in [5, 5.41) is 14.8. The van der Waals surface area contributed by atoms with Gasteiger partial charge in [-0.3, -0.25) is 4.98 Å². The Morgan fingerprint density at radius 1 is 1.24 bits per heavy atom. The number of rotatable bonds is 5. The van der Waals surface area contributed by atoms with Gasteiger partial charge >= 0.3 is 0 Å². The summed E-state index contributed by atoms with van der Waals surface area (Å²) in [6.07, 6.45) is 1.32. The molecule has 0 aliphatic carbocycles. The normalized spacial score (nSPS) is 12.7. The largest absolute Gasteiger partial charge is 0.386 e. The number of aliphatic hydroxyl groups is 1. The van der Waals surface area contributed by atoms with Gasteiger partial charge in [0, 0.05) is 34.6 Å². The number of fused-ring (bicyclic) bond motifs is 1. The van der Waals surface area contributed by atoms with Crippen molar-refractivity contribution in [2.75, 3.05) is 6.54 Å². The zero-order chi connectivity index (χ0) is 14.7. The lowest BCUT2D eigenvalue weighted by atomic mass is 10.2. The van der Waals surface area contributed by atoms with E-state index in [1.54, 1.807) is 17.5 Å². The van der Waals surface area contributed by atoms with E-state index in [4.69, 9.17) is 0 Å². The minimum Gasteiger partial charge on any atom is -0.386 e. The third-order valence-corrected chi connectivity index (χ3v) is 4.76. The highest BCUT2D eigenvalue weighted by Crippen LogP contribution is 2.29. The molecule has 1 unspecified atom stereocenters. The Morgan fingerprint density at radius 2 is 2.10 bits per heavy atom. The quantitative estimate of drug-likeness (QED) is 0.758. The molecule has 2 aromatic heterocycles. The Bertz CT molecular complexity index is 705. The van der Waals surface area contributed by atoms with Gasteiger partial charge in [-0.1, -0.05) is 24.3 Å². The van der Waals surface area contributed by atoms with Crippen molar-refractivity contribution in [2.45, 2.75) is 19.6 Å². The predicted molar refractivity (Wildman–Crippen MR) is 87.5 cm³/mol. The fraction of sp³-hybridized carbons (Fsp3) is 0.235. The molecule has 21 heavy (non-hydrogen) atoms. The first-order chi connectivity index (χ1) is 10.2. The zero-order valence-electron chi connectivity index (χ0n) is 11.9. The molecule has 2 heterocycles. The zero-order valence-corrected chi connectivity index (χ0v) is 12.7.